The number of esters is 1. The third-order valence-corrected chi connectivity index (χ3v) is 5.52. The number of sulfonamides is 1. The third kappa shape index (κ3) is 5.55. The molecule has 0 bridgehead atoms. The molecule has 0 heterocycles. The van der Waals surface area contributed by atoms with E-state index in [4.69, 9.17) is 4.74 Å². The van der Waals surface area contributed by atoms with E-state index in [2.05, 4.69) is 4.72 Å². The summed E-state index contributed by atoms with van der Waals surface area (Å²) in [5, 5.41) is 10.2. The molecule has 27 heavy (non-hydrogen) atoms. The predicted molar refractivity (Wildman–Crippen MR) is 103 cm³/mol. The molecule has 1 atom stereocenters. The lowest BCUT2D eigenvalue weighted by atomic mass is 10.0. The summed E-state index contributed by atoms with van der Waals surface area (Å²) in [7, 11) is -3.99. The van der Waals surface area contributed by atoms with Crippen LogP contribution in [0.2, 0.25) is 0 Å². The van der Waals surface area contributed by atoms with Crippen LogP contribution in [0.4, 0.5) is 0 Å². The number of hydrogen-bond acceptors (Lipinski definition) is 5. The molecule has 0 saturated heterocycles. The van der Waals surface area contributed by atoms with Crippen LogP contribution in [0.3, 0.4) is 0 Å². The van der Waals surface area contributed by atoms with Gasteiger partial charge in [0.05, 0.1) is 11.5 Å². The molecular weight excluding hydrogens is 366 g/mol. The van der Waals surface area contributed by atoms with Gasteiger partial charge < -0.3 is 9.84 Å². The Labute approximate surface area is 160 Å². The number of aromatic hydroxyl groups is 1. The number of unbranched alkanes of at least 4 members (excludes halogenated alkanes) is 1. The molecule has 0 amide bonds. The van der Waals surface area contributed by atoms with E-state index in [1.165, 1.54) is 24.3 Å². The van der Waals surface area contributed by atoms with Gasteiger partial charge in [0.2, 0.25) is 10.0 Å². The molecule has 0 aliphatic carbocycles. The largest absolute Gasteiger partial charge is 0.508 e. The van der Waals surface area contributed by atoms with Crippen molar-refractivity contribution in [2.45, 2.75) is 44.6 Å². The van der Waals surface area contributed by atoms with Gasteiger partial charge in [-0.15, -0.1) is 0 Å². The number of hydrogen-bond donors (Lipinski definition) is 2. The molecular formula is C20H25NO5S. The normalized spacial score (nSPS) is 12.6. The maximum Gasteiger partial charge on any atom is 0.328 e. The molecule has 0 aliphatic heterocycles. The molecule has 146 valence electrons. The first kappa shape index (κ1) is 20.9. The maximum atomic E-state index is 12.7. The second-order valence-electron chi connectivity index (χ2n) is 6.45. The van der Waals surface area contributed by atoms with Crippen molar-refractivity contribution in [3.63, 3.8) is 0 Å². The number of carbonyl (C=O) groups is 1. The van der Waals surface area contributed by atoms with Gasteiger partial charge in [0.25, 0.3) is 0 Å². The number of phenols is 1. The van der Waals surface area contributed by atoms with Gasteiger partial charge in [-0.3, -0.25) is 0 Å². The van der Waals surface area contributed by atoms with Gasteiger partial charge in [0, 0.05) is 5.56 Å². The minimum Gasteiger partial charge on any atom is -0.508 e. The number of carbonyl (C=O) groups excluding carboxylic acids is 1. The topological polar surface area (TPSA) is 92.7 Å². The zero-order valence-electron chi connectivity index (χ0n) is 15.7. The second kappa shape index (κ2) is 9.01. The highest BCUT2D eigenvalue weighted by molar-refractivity contribution is 7.89. The molecule has 1 unspecified atom stereocenters. The molecule has 7 heteroatoms. The molecule has 2 aromatic carbocycles. The van der Waals surface area contributed by atoms with Crippen molar-refractivity contribution in [3.8, 4) is 5.75 Å². The van der Waals surface area contributed by atoms with Crippen LogP contribution in [-0.4, -0.2) is 26.1 Å². The molecule has 0 aromatic heterocycles. The van der Waals surface area contributed by atoms with Gasteiger partial charge in [0.15, 0.2) is 0 Å². The number of ether oxygens (including phenoxy) is 1. The molecule has 2 N–H and O–H groups in total. The summed E-state index contributed by atoms with van der Waals surface area (Å²) in [5.41, 5.74) is 1.86. The van der Waals surface area contributed by atoms with Crippen molar-refractivity contribution in [2.24, 2.45) is 0 Å². The highest BCUT2D eigenvalue weighted by Gasteiger charge is 2.30. The Hall–Kier alpha value is -2.38. The van der Waals surface area contributed by atoms with Crippen molar-refractivity contribution in [2.75, 3.05) is 6.61 Å². The van der Waals surface area contributed by atoms with Crippen LogP contribution in [0, 0.1) is 13.8 Å². The molecule has 0 spiro atoms. The number of benzene rings is 2. The van der Waals surface area contributed by atoms with Gasteiger partial charge in [-0.1, -0.05) is 43.2 Å². The summed E-state index contributed by atoms with van der Waals surface area (Å²) in [6, 6.07) is 9.63. The lowest BCUT2D eigenvalue weighted by Gasteiger charge is -2.19. The fourth-order valence-electron chi connectivity index (χ4n) is 2.48. The van der Waals surface area contributed by atoms with Crippen LogP contribution in [0.5, 0.6) is 5.75 Å². The van der Waals surface area contributed by atoms with Crippen molar-refractivity contribution in [3.05, 3.63) is 59.2 Å². The maximum absolute atomic E-state index is 12.7. The Morgan fingerprint density at radius 3 is 2.33 bits per heavy atom. The Kier molecular flexibility index (Phi) is 6.98. The number of aryl methyl sites for hydroxylation is 2. The summed E-state index contributed by atoms with van der Waals surface area (Å²) in [4.78, 5) is 12.6. The van der Waals surface area contributed by atoms with Gasteiger partial charge in [-0.05, 0) is 44.0 Å². The average molecular weight is 391 g/mol. The van der Waals surface area contributed by atoms with E-state index in [0.717, 1.165) is 17.5 Å². The molecule has 0 saturated carbocycles. The Morgan fingerprint density at radius 2 is 1.74 bits per heavy atom. The lowest BCUT2D eigenvalue weighted by Crippen LogP contribution is -2.35. The van der Waals surface area contributed by atoms with Crippen LogP contribution < -0.4 is 4.72 Å². The number of rotatable bonds is 8. The summed E-state index contributed by atoms with van der Waals surface area (Å²) in [5.74, 6) is -0.919. The van der Waals surface area contributed by atoms with E-state index in [1.54, 1.807) is 25.1 Å². The predicted octanol–water partition coefficient (Wildman–Crippen LogP) is 3.37. The first-order chi connectivity index (χ1) is 12.7. The third-order valence-electron chi connectivity index (χ3n) is 4.08. The smallest absolute Gasteiger partial charge is 0.328 e. The fraction of sp³-hybridized carbons (Fsp3) is 0.350. The minimum absolute atomic E-state index is 0.0334. The average Bonchev–Trinajstić information content (AvgIpc) is 2.60. The molecule has 6 nitrogen and oxygen atoms in total. The number of nitrogens with one attached hydrogen (secondary N) is 1. The van der Waals surface area contributed by atoms with Crippen LogP contribution >= 0.6 is 0 Å². The zero-order valence-corrected chi connectivity index (χ0v) is 16.5. The first-order valence-electron chi connectivity index (χ1n) is 8.79. The van der Waals surface area contributed by atoms with Crippen LogP contribution in [0.25, 0.3) is 0 Å². The Morgan fingerprint density at radius 1 is 1.11 bits per heavy atom. The van der Waals surface area contributed by atoms with E-state index in [1.807, 2.05) is 13.8 Å². The quantitative estimate of drug-likeness (QED) is 0.532. The standard InChI is InChI=1S/C20H25NO5S/c1-4-5-12-26-20(23)19(17-11-8-15(3)13-18(17)22)21-27(24,25)16-9-6-14(2)7-10-16/h6-11,13,19,21-22H,4-5,12H2,1-3H3. The van der Waals surface area contributed by atoms with E-state index in [-0.39, 0.29) is 22.8 Å². The highest BCUT2D eigenvalue weighted by atomic mass is 32.2. The second-order valence-corrected chi connectivity index (χ2v) is 8.16. The summed E-state index contributed by atoms with van der Waals surface area (Å²) in [6.07, 6.45) is 1.51. The Bertz CT molecular complexity index is 891. The number of phenolic OH excluding ortho intramolecular Hbond substituents is 1. The van der Waals surface area contributed by atoms with Crippen molar-refractivity contribution in [1.82, 2.24) is 4.72 Å². The zero-order chi connectivity index (χ0) is 20.0. The van der Waals surface area contributed by atoms with E-state index in [0.29, 0.717) is 6.42 Å². The molecule has 2 rings (SSSR count). The Balaban J connectivity index is 2.36. The van der Waals surface area contributed by atoms with Gasteiger partial charge in [-0.25, -0.2) is 13.2 Å². The lowest BCUT2D eigenvalue weighted by molar-refractivity contribution is -0.146. The van der Waals surface area contributed by atoms with Crippen molar-refractivity contribution in [1.29, 1.82) is 0 Å². The highest BCUT2D eigenvalue weighted by Crippen LogP contribution is 2.28. The van der Waals surface area contributed by atoms with E-state index in [9.17, 15) is 18.3 Å². The monoisotopic (exact) mass is 391 g/mol. The van der Waals surface area contributed by atoms with Gasteiger partial charge in [-0.2, -0.15) is 4.72 Å². The summed E-state index contributed by atoms with van der Waals surface area (Å²) >= 11 is 0. The molecule has 0 fully saturated rings. The molecule has 0 aliphatic rings. The first-order valence-corrected chi connectivity index (χ1v) is 10.3. The van der Waals surface area contributed by atoms with Gasteiger partial charge >= 0.3 is 5.97 Å². The van der Waals surface area contributed by atoms with Crippen LogP contribution in [0.1, 0.15) is 42.5 Å². The van der Waals surface area contributed by atoms with E-state index < -0.39 is 22.0 Å². The molecule has 2 aromatic rings. The van der Waals surface area contributed by atoms with Crippen molar-refractivity contribution >= 4 is 16.0 Å². The van der Waals surface area contributed by atoms with E-state index >= 15 is 0 Å². The molecule has 0 radical (unpaired) electrons. The summed E-state index contributed by atoms with van der Waals surface area (Å²) in [6.45, 7) is 5.78. The fourth-order valence-corrected chi connectivity index (χ4v) is 3.64. The summed E-state index contributed by atoms with van der Waals surface area (Å²) < 4.78 is 33.1. The van der Waals surface area contributed by atoms with Crippen LogP contribution in [0.15, 0.2) is 47.4 Å². The SMILES string of the molecule is CCCCOC(=O)C(NS(=O)(=O)c1ccc(C)cc1)c1ccc(C)cc1O. The van der Waals surface area contributed by atoms with Crippen molar-refractivity contribution < 1.29 is 23.1 Å². The minimum atomic E-state index is -3.99. The van der Waals surface area contributed by atoms with Gasteiger partial charge in [0.1, 0.15) is 11.8 Å². The van der Waals surface area contributed by atoms with Crippen LogP contribution in [-0.2, 0) is 19.6 Å².